The molecule has 10 nitrogen and oxygen atoms in total. The Morgan fingerprint density at radius 3 is 2.46 bits per heavy atom. The minimum absolute atomic E-state index is 0.0418. The third-order valence-electron chi connectivity index (χ3n) is 7.46. The summed E-state index contributed by atoms with van der Waals surface area (Å²) in [5.41, 5.74) is 0.809. The van der Waals surface area contributed by atoms with Crippen molar-refractivity contribution >= 4 is 58.8 Å². The van der Waals surface area contributed by atoms with Gasteiger partial charge in [0.2, 0.25) is 11.8 Å². The highest BCUT2D eigenvalue weighted by Crippen LogP contribution is 2.49. The zero-order valence-corrected chi connectivity index (χ0v) is 20.5. The zero-order chi connectivity index (χ0) is 25.2. The van der Waals surface area contributed by atoms with Gasteiger partial charge in [-0.25, -0.2) is 4.79 Å². The molecule has 3 saturated heterocycles. The maximum atomic E-state index is 13.5. The van der Waals surface area contributed by atoms with Gasteiger partial charge in [-0.1, -0.05) is 6.07 Å². The van der Waals surface area contributed by atoms with Crippen molar-refractivity contribution in [3.8, 4) is 0 Å². The number of hydrogen-bond acceptors (Lipinski definition) is 7. The van der Waals surface area contributed by atoms with E-state index in [0.717, 1.165) is 27.5 Å². The first-order valence-corrected chi connectivity index (χ1v) is 11.9. The van der Waals surface area contributed by atoms with Gasteiger partial charge in [0.05, 0.1) is 6.04 Å². The molecule has 0 saturated carbocycles. The Morgan fingerprint density at radius 2 is 1.80 bits per heavy atom. The van der Waals surface area contributed by atoms with Crippen LogP contribution in [0.25, 0.3) is 6.08 Å². The number of hydrogen-bond donors (Lipinski definition) is 1. The third-order valence-corrected chi connectivity index (χ3v) is 7.79. The number of thiocarbonyl (C=S) groups is 1. The first kappa shape index (κ1) is 23.2. The van der Waals surface area contributed by atoms with E-state index >= 15 is 0 Å². The van der Waals surface area contributed by atoms with Gasteiger partial charge in [0.15, 0.2) is 10.5 Å². The molecular formula is C24H25N5O5S. The van der Waals surface area contributed by atoms with Gasteiger partial charge >= 0.3 is 6.03 Å². The lowest BCUT2D eigenvalue weighted by Gasteiger charge is -2.50. The number of benzene rings is 1. The summed E-state index contributed by atoms with van der Waals surface area (Å²) in [6.07, 6.45) is 3.12. The molecule has 5 rings (SSSR count). The molecule has 11 heteroatoms. The highest BCUT2D eigenvalue weighted by molar-refractivity contribution is 7.80. The van der Waals surface area contributed by atoms with Crippen molar-refractivity contribution in [3.63, 3.8) is 0 Å². The van der Waals surface area contributed by atoms with Gasteiger partial charge in [-0.3, -0.25) is 39.2 Å². The zero-order valence-electron chi connectivity index (χ0n) is 19.7. The Labute approximate surface area is 207 Å². The average molecular weight is 496 g/mol. The van der Waals surface area contributed by atoms with Crippen molar-refractivity contribution in [1.82, 2.24) is 20.0 Å². The van der Waals surface area contributed by atoms with E-state index in [2.05, 4.69) is 10.2 Å². The summed E-state index contributed by atoms with van der Waals surface area (Å²) in [5.74, 6) is -2.04. The van der Waals surface area contributed by atoms with Crippen LogP contribution in [0.15, 0.2) is 23.8 Å². The molecule has 4 aliphatic heterocycles. The van der Waals surface area contributed by atoms with E-state index in [0.29, 0.717) is 25.1 Å². The molecule has 6 amide bonds. The van der Waals surface area contributed by atoms with Crippen LogP contribution < -0.4 is 10.2 Å². The Bertz CT molecular complexity index is 1230. The van der Waals surface area contributed by atoms with Crippen molar-refractivity contribution in [2.24, 2.45) is 5.41 Å². The van der Waals surface area contributed by atoms with Crippen LogP contribution in [0.3, 0.4) is 0 Å². The van der Waals surface area contributed by atoms with E-state index in [1.54, 1.807) is 13.0 Å². The van der Waals surface area contributed by atoms with Crippen molar-refractivity contribution in [2.75, 3.05) is 32.1 Å². The first-order valence-electron chi connectivity index (χ1n) is 11.5. The molecule has 35 heavy (non-hydrogen) atoms. The molecule has 0 bridgehead atoms. The monoisotopic (exact) mass is 495 g/mol. The lowest BCUT2D eigenvalue weighted by atomic mass is 9.68. The lowest BCUT2D eigenvalue weighted by Crippen LogP contribution is -2.70. The van der Waals surface area contributed by atoms with E-state index in [1.807, 2.05) is 12.1 Å². The van der Waals surface area contributed by atoms with Gasteiger partial charge in [0.1, 0.15) is 5.57 Å². The van der Waals surface area contributed by atoms with Crippen molar-refractivity contribution in [3.05, 3.63) is 34.9 Å². The van der Waals surface area contributed by atoms with Crippen LogP contribution in [0.5, 0.6) is 0 Å². The molecule has 0 aromatic heterocycles. The van der Waals surface area contributed by atoms with Crippen LogP contribution >= 0.6 is 12.2 Å². The second-order valence-electron chi connectivity index (χ2n) is 9.27. The highest BCUT2D eigenvalue weighted by atomic mass is 32.1. The predicted octanol–water partition coefficient (Wildman–Crippen LogP) is 0.895. The summed E-state index contributed by atoms with van der Waals surface area (Å²) in [5, 5.41) is 2.61. The van der Waals surface area contributed by atoms with E-state index in [1.165, 1.54) is 25.1 Å². The maximum absolute atomic E-state index is 13.5. The van der Waals surface area contributed by atoms with Crippen LogP contribution in [0.4, 0.5) is 10.5 Å². The van der Waals surface area contributed by atoms with Gasteiger partial charge in [0.25, 0.3) is 11.8 Å². The summed E-state index contributed by atoms with van der Waals surface area (Å²) in [4.78, 5) is 70.2. The quantitative estimate of drug-likeness (QED) is 0.281. The van der Waals surface area contributed by atoms with Gasteiger partial charge < -0.3 is 4.90 Å². The second kappa shape index (κ2) is 7.98. The molecule has 3 fully saturated rings. The molecule has 182 valence electrons. The standard InChI is InChI=1S/C24H25N5O5S/c1-4-28-19(31)15(18(30)25-22(28)35)11-13-7-8-16-14(10-13)12-24(17-6-5-9-29(16)17)20(32)26(2)23(34)27(3)21(24)33/h7-8,10-11,17H,4-6,9,12H2,1-3H3,(H,25,30,35). The molecule has 1 atom stereocenters. The summed E-state index contributed by atoms with van der Waals surface area (Å²) >= 11 is 5.08. The number of nitrogens with zero attached hydrogens (tertiary/aromatic N) is 4. The van der Waals surface area contributed by atoms with E-state index < -0.39 is 35.1 Å². The predicted molar refractivity (Wildman–Crippen MR) is 130 cm³/mol. The summed E-state index contributed by atoms with van der Waals surface area (Å²) < 4.78 is 0. The third kappa shape index (κ3) is 3.14. The topological polar surface area (TPSA) is 110 Å². The average Bonchev–Trinajstić information content (AvgIpc) is 3.33. The number of fused-ring (bicyclic) bond motifs is 4. The Balaban J connectivity index is 1.59. The van der Waals surface area contributed by atoms with Crippen LogP contribution in [0.2, 0.25) is 0 Å². The number of barbiturate groups is 1. The highest BCUT2D eigenvalue weighted by Gasteiger charge is 2.63. The summed E-state index contributed by atoms with van der Waals surface area (Å²) in [7, 11) is 2.81. The first-order chi connectivity index (χ1) is 16.6. The molecule has 1 N–H and O–H groups in total. The SMILES string of the molecule is CCN1C(=O)C(=Cc2ccc3c(c2)CC2(C(=O)N(C)C(=O)N(C)C2=O)C2CCCN32)C(=O)NC1=S. The van der Waals surface area contributed by atoms with E-state index in [4.69, 9.17) is 12.2 Å². The van der Waals surface area contributed by atoms with Crippen LogP contribution in [-0.4, -0.2) is 82.7 Å². The molecule has 1 unspecified atom stereocenters. The van der Waals surface area contributed by atoms with Gasteiger partial charge in [-0.05, 0) is 67.7 Å². The molecule has 4 aliphatic rings. The Kier molecular flexibility index (Phi) is 5.28. The normalized spacial score (nSPS) is 25.0. The smallest absolute Gasteiger partial charge is 0.332 e. The minimum atomic E-state index is -1.41. The van der Waals surface area contributed by atoms with E-state index in [9.17, 15) is 24.0 Å². The van der Waals surface area contributed by atoms with Gasteiger partial charge in [0, 0.05) is 32.9 Å². The number of amides is 6. The van der Waals surface area contributed by atoms with Crippen molar-refractivity contribution < 1.29 is 24.0 Å². The summed E-state index contributed by atoms with van der Waals surface area (Å²) in [6, 6.07) is 4.53. The van der Waals surface area contributed by atoms with Crippen molar-refractivity contribution in [2.45, 2.75) is 32.2 Å². The minimum Gasteiger partial charge on any atom is -0.367 e. The van der Waals surface area contributed by atoms with Gasteiger partial charge in [-0.15, -0.1) is 0 Å². The molecule has 1 aromatic carbocycles. The lowest BCUT2D eigenvalue weighted by molar-refractivity contribution is -0.159. The summed E-state index contributed by atoms with van der Waals surface area (Å²) in [6.45, 7) is 2.77. The number of likely N-dealkylation sites (N-methyl/N-ethyl adjacent to an activating group) is 1. The molecule has 1 aromatic rings. The molecular weight excluding hydrogens is 470 g/mol. The number of nitrogens with one attached hydrogen (secondary N) is 1. The number of rotatable bonds is 2. The second-order valence-corrected chi connectivity index (χ2v) is 9.65. The Morgan fingerprint density at radius 1 is 1.11 bits per heavy atom. The molecule has 0 aliphatic carbocycles. The number of carbonyl (C=O) groups excluding carboxylic acids is 5. The fraction of sp³-hybridized carbons (Fsp3) is 0.417. The van der Waals surface area contributed by atoms with Crippen molar-refractivity contribution in [1.29, 1.82) is 0 Å². The maximum Gasteiger partial charge on any atom is 0.332 e. The number of anilines is 1. The van der Waals surface area contributed by atoms with Crippen LogP contribution in [0.1, 0.15) is 30.9 Å². The Hall–Kier alpha value is -3.60. The largest absolute Gasteiger partial charge is 0.367 e. The van der Waals surface area contributed by atoms with Crippen LogP contribution in [-0.2, 0) is 25.6 Å². The van der Waals surface area contributed by atoms with Crippen LogP contribution in [0, 0.1) is 5.41 Å². The number of urea groups is 1. The molecule has 4 heterocycles. The number of imide groups is 2. The van der Waals surface area contributed by atoms with E-state index in [-0.39, 0.29) is 23.1 Å². The molecule has 0 radical (unpaired) electrons. The number of carbonyl (C=O) groups is 5. The molecule has 1 spiro atoms. The fourth-order valence-electron chi connectivity index (χ4n) is 5.78. The van der Waals surface area contributed by atoms with Gasteiger partial charge in [-0.2, -0.15) is 0 Å². The fourth-order valence-corrected chi connectivity index (χ4v) is 6.08.